The molecule has 0 bridgehead atoms. The van der Waals surface area contributed by atoms with Gasteiger partial charge in [-0.25, -0.2) is 4.98 Å². The highest BCUT2D eigenvalue weighted by Gasteiger charge is 2.37. The third-order valence-electron chi connectivity index (χ3n) is 4.21. The van der Waals surface area contributed by atoms with Crippen LogP contribution >= 0.6 is 0 Å². The zero-order valence-electron chi connectivity index (χ0n) is 14.4. The lowest BCUT2D eigenvalue weighted by atomic mass is 9.96. The van der Waals surface area contributed by atoms with Gasteiger partial charge < -0.3 is 15.5 Å². The van der Waals surface area contributed by atoms with Crippen molar-refractivity contribution in [2.24, 2.45) is 5.92 Å². The summed E-state index contributed by atoms with van der Waals surface area (Å²) >= 11 is 0. The molecule has 2 rings (SSSR count). The molecule has 1 unspecified atom stereocenters. The Morgan fingerprint density at radius 1 is 1.36 bits per heavy atom. The van der Waals surface area contributed by atoms with Crippen molar-refractivity contribution in [3.63, 3.8) is 0 Å². The second-order valence-corrected chi connectivity index (χ2v) is 6.20. The minimum Gasteiger partial charge on any atom is -0.355 e. The van der Waals surface area contributed by atoms with Crippen LogP contribution in [0.15, 0.2) is 18.3 Å². The van der Waals surface area contributed by atoms with E-state index in [2.05, 4.69) is 22.5 Å². The first-order valence-electron chi connectivity index (χ1n) is 8.69. The number of amides is 1. The van der Waals surface area contributed by atoms with Crippen LogP contribution in [0.4, 0.5) is 19.0 Å². The van der Waals surface area contributed by atoms with Crippen molar-refractivity contribution in [1.29, 1.82) is 0 Å². The summed E-state index contributed by atoms with van der Waals surface area (Å²) in [6.45, 7) is 4.90. The number of carbonyl (C=O) groups excluding carboxylic acids is 1. The molecule has 5 nitrogen and oxygen atoms in total. The standard InChI is InChI=1S/C17H25F3N4O/c1-2-7-21-9-10-23-16(25)13-5-4-11-24(12-13)15-14(17(18,19)20)6-3-8-22-15/h3,6,8,13,21H,2,4-5,7,9-12H2,1H3,(H,23,25). The van der Waals surface area contributed by atoms with Crippen molar-refractivity contribution < 1.29 is 18.0 Å². The fourth-order valence-electron chi connectivity index (χ4n) is 2.97. The summed E-state index contributed by atoms with van der Waals surface area (Å²) in [4.78, 5) is 17.8. The minimum atomic E-state index is -4.45. The summed E-state index contributed by atoms with van der Waals surface area (Å²) in [6.07, 6.45) is -0.729. The van der Waals surface area contributed by atoms with E-state index in [-0.39, 0.29) is 24.2 Å². The SMILES string of the molecule is CCCNCCNC(=O)C1CCCN(c2ncccc2C(F)(F)F)C1. The molecule has 1 fully saturated rings. The van der Waals surface area contributed by atoms with Crippen LogP contribution in [0.3, 0.4) is 0 Å². The number of halogens is 3. The number of hydrogen-bond donors (Lipinski definition) is 2. The van der Waals surface area contributed by atoms with Gasteiger partial charge in [0.2, 0.25) is 5.91 Å². The van der Waals surface area contributed by atoms with Crippen molar-refractivity contribution in [2.75, 3.05) is 37.6 Å². The van der Waals surface area contributed by atoms with Gasteiger partial charge in [0.05, 0.1) is 11.5 Å². The molecule has 0 spiro atoms. The van der Waals surface area contributed by atoms with Gasteiger partial charge in [0, 0.05) is 32.4 Å². The maximum Gasteiger partial charge on any atom is 0.419 e. The van der Waals surface area contributed by atoms with Crippen LogP contribution in [0.5, 0.6) is 0 Å². The van der Waals surface area contributed by atoms with E-state index in [9.17, 15) is 18.0 Å². The van der Waals surface area contributed by atoms with E-state index >= 15 is 0 Å². The first-order valence-corrected chi connectivity index (χ1v) is 8.69. The molecule has 1 aliphatic heterocycles. The van der Waals surface area contributed by atoms with Gasteiger partial charge in [0.15, 0.2) is 0 Å². The summed E-state index contributed by atoms with van der Waals surface area (Å²) < 4.78 is 39.5. The number of rotatable bonds is 7. The Morgan fingerprint density at radius 2 is 2.16 bits per heavy atom. The number of hydrogen-bond acceptors (Lipinski definition) is 4. The molecular formula is C17H25F3N4O. The van der Waals surface area contributed by atoms with Crippen molar-refractivity contribution in [2.45, 2.75) is 32.4 Å². The smallest absolute Gasteiger partial charge is 0.355 e. The Hall–Kier alpha value is -1.83. The number of carbonyl (C=O) groups is 1. The first kappa shape index (κ1) is 19.5. The molecule has 2 heterocycles. The first-order chi connectivity index (χ1) is 11.9. The van der Waals surface area contributed by atoms with Crippen LogP contribution in [-0.2, 0) is 11.0 Å². The Balaban J connectivity index is 1.96. The van der Waals surface area contributed by atoms with E-state index in [1.165, 1.54) is 12.3 Å². The molecule has 2 N–H and O–H groups in total. The highest BCUT2D eigenvalue weighted by Crippen LogP contribution is 2.36. The largest absolute Gasteiger partial charge is 0.419 e. The summed E-state index contributed by atoms with van der Waals surface area (Å²) in [6, 6.07) is 2.31. The van der Waals surface area contributed by atoms with Crippen LogP contribution in [0.1, 0.15) is 31.7 Å². The molecular weight excluding hydrogens is 333 g/mol. The van der Waals surface area contributed by atoms with E-state index in [1.54, 1.807) is 4.90 Å². The van der Waals surface area contributed by atoms with Crippen molar-refractivity contribution in [3.8, 4) is 0 Å². The van der Waals surface area contributed by atoms with Crippen molar-refractivity contribution >= 4 is 11.7 Å². The van der Waals surface area contributed by atoms with E-state index in [1.807, 2.05) is 0 Å². The number of nitrogens with one attached hydrogen (secondary N) is 2. The Kier molecular flexibility index (Phi) is 7.04. The summed E-state index contributed by atoms with van der Waals surface area (Å²) in [5.74, 6) is -0.507. The van der Waals surface area contributed by atoms with Gasteiger partial charge in [-0.05, 0) is 37.9 Å². The molecule has 1 atom stereocenters. The fraction of sp³-hybridized carbons (Fsp3) is 0.647. The highest BCUT2D eigenvalue weighted by atomic mass is 19.4. The van der Waals surface area contributed by atoms with Gasteiger partial charge in [-0.2, -0.15) is 13.2 Å². The van der Waals surface area contributed by atoms with Crippen LogP contribution in [0, 0.1) is 5.92 Å². The van der Waals surface area contributed by atoms with E-state index in [4.69, 9.17) is 0 Å². The quantitative estimate of drug-likeness (QED) is 0.735. The summed E-state index contributed by atoms with van der Waals surface area (Å²) in [7, 11) is 0. The van der Waals surface area contributed by atoms with E-state index in [0.717, 1.165) is 19.0 Å². The number of pyridine rings is 1. The summed E-state index contributed by atoms with van der Waals surface area (Å²) in [5, 5.41) is 6.05. The van der Waals surface area contributed by atoms with Gasteiger partial charge in [0.25, 0.3) is 0 Å². The molecule has 1 amide bonds. The molecule has 140 valence electrons. The van der Waals surface area contributed by atoms with Crippen molar-refractivity contribution in [1.82, 2.24) is 15.6 Å². The van der Waals surface area contributed by atoms with Crippen molar-refractivity contribution in [3.05, 3.63) is 23.9 Å². The number of aromatic nitrogens is 1. The Labute approximate surface area is 146 Å². The molecule has 1 aromatic heterocycles. The lowest BCUT2D eigenvalue weighted by Crippen LogP contribution is -2.45. The van der Waals surface area contributed by atoms with Gasteiger partial charge >= 0.3 is 6.18 Å². The lowest BCUT2D eigenvalue weighted by Gasteiger charge is -2.34. The molecule has 0 radical (unpaired) electrons. The van der Waals surface area contributed by atoms with E-state index in [0.29, 0.717) is 32.5 Å². The average Bonchev–Trinajstić information content (AvgIpc) is 2.61. The van der Waals surface area contributed by atoms with Gasteiger partial charge in [-0.3, -0.25) is 4.79 Å². The zero-order chi connectivity index (χ0) is 18.3. The number of piperidine rings is 1. The second-order valence-electron chi connectivity index (χ2n) is 6.20. The van der Waals surface area contributed by atoms with Gasteiger partial charge in [-0.1, -0.05) is 6.92 Å². The molecule has 0 aliphatic carbocycles. The maximum atomic E-state index is 13.2. The molecule has 1 saturated heterocycles. The second kappa shape index (κ2) is 9.03. The molecule has 8 heteroatoms. The number of anilines is 1. The molecule has 25 heavy (non-hydrogen) atoms. The molecule has 1 aromatic rings. The zero-order valence-corrected chi connectivity index (χ0v) is 14.4. The third kappa shape index (κ3) is 5.59. The summed E-state index contributed by atoms with van der Waals surface area (Å²) in [5.41, 5.74) is -0.750. The predicted octanol–water partition coefficient (Wildman–Crippen LogP) is 2.43. The van der Waals surface area contributed by atoms with Crippen LogP contribution in [0.2, 0.25) is 0 Å². The Morgan fingerprint density at radius 3 is 2.88 bits per heavy atom. The van der Waals surface area contributed by atoms with Crippen LogP contribution in [0.25, 0.3) is 0 Å². The Bertz CT molecular complexity index is 565. The van der Waals surface area contributed by atoms with Gasteiger partial charge in [-0.15, -0.1) is 0 Å². The third-order valence-corrected chi connectivity index (χ3v) is 4.21. The number of nitrogens with zero attached hydrogens (tertiary/aromatic N) is 2. The average molecular weight is 358 g/mol. The predicted molar refractivity (Wildman–Crippen MR) is 90.3 cm³/mol. The highest BCUT2D eigenvalue weighted by molar-refractivity contribution is 5.79. The normalized spacial score (nSPS) is 18.2. The monoisotopic (exact) mass is 358 g/mol. The van der Waals surface area contributed by atoms with E-state index < -0.39 is 11.7 Å². The van der Waals surface area contributed by atoms with Crippen LogP contribution < -0.4 is 15.5 Å². The molecule has 1 aliphatic rings. The molecule has 0 aromatic carbocycles. The topological polar surface area (TPSA) is 57.3 Å². The van der Waals surface area contributed by atoms with Crippen LogP contribution in [-0.4, -0.2) is 43.6 Å². The minimum absolute atomic E-state index is 0.0860. The van der Waals surface area contributed by atoms with Gasteiger partial charge in [0.1, 0.15) is 5.82 Å². The molecule has 0 saturated carbocycles. The maximum absolute atomic E-state index is 13.2. The fourth-order valence-corrected chi connectivity index (χ4v) is 2.97. The number of alkyl halides is 3. The lowest BCUT2D eigenvalue weighted by molar-refractivity contribution is -0.137.